The van der Waals surface area contributed by atoms with Gasteiger partial charge in [0.15, 0.2) is 0 Å². The zero-order chi connectivity index (χ0) is 12.3. The van der Waals surface area contributed by atoms with Gasteiger partial charge in [-0.05, 0) is 35.2 Å². The van der Waals surface area contributed by atoms with E-state index in [2.05, 4.69) is 34.9 Å². The topological polar surface area (TPSA) is 38.0 Å². The Kier molecular flexibility index (Phi) is 4.99. The van der Waals surface area contributed by atoms with Crippen LogP contribution in [0.5, 0.6) is 0 Å². The Balaban J connectivity index is 2.97. The van der Waals surface area contributed by atoms with Crippen molar-refractivity contribution in [3.05, 3.63) is 15.9 Å². The molecule has 0 amide bonds. The van der Waals surface area contributed by atoms with E-state index in [1.807, 2.05) is 18.5 Å². The van der Waals surface area contributed by atoms with Crippen molar-refractivity contribution in [1.29, 1.82) is 0 Å². The van der Waals surface area contributed by atoms with Crippen LogP contribution < -0.4 is 0 Å². The van der Waals surface area contributed by atoms with Gasteiger partial charge in [0.1, 0.15) is 0 Å². The molecule has 1 unspecified atom stereocenters. The predicted molar refractivity (Wildman–Crippen MR) is 69.5 cm³/mol. The maximum Gasteiger partial charge on any atom is 0.0766 e. The molecule has 0 spiro atoms. The van der Waals surface area contributed by atoms with Gasteiger partial charge < -0.3 is 5.11 Å². The molecule has 0 aliphatic heterocycles. The van der Waals surface area contributed by atoms with E-state index in [1.54, 1.807) is 0 Å². The van der Waals surface area contributed by atoms with Crippen molar-refractivity contribution in [2.75, 3.05) is 0 Å². The van der Waals surface area contributed by atoms with E-state index in [0.29, 0.717) is 6.42 Å². The van der Waals surface area contributed by atoms with Gasteiger partial charge in [0.25, 0.3) is 0 Å². The van der Waals surface area contributed by atoms with Crippen LogP contribution in [0, 0.1) is 5.92 Å². The largest absolute Gasteiger partial charge is 0.392 e. The van der Waals surface area contributed by atoms with Crippen LogP contribution in [-0.4, -0.2) is 21.0 Å². The van der Waals surface area contributed by atoms with Crippen LogP contribution in [0.15, 0.2) is 4.47 Å². The van der Waals surface area contributed by atoms with Gasteiger partial charge in [-0.1, -0.05) is 20.8 Å². The third-order valence-electron chi connectivity index (χ3n) is 2.87. The third kappa shape index (κ3) is 2.86. The molecule has 92 valence electrons. The van der Waals surface area contributed by atoms with Crippen LogP contribution in [0.4, 0.5) is 0 Å². The van der Waals surface area contributed by atoms with Crippen molar-refractivity contribution in [2.45, 2.75) is 53.2 Å². The van der Waals surface area contributed by atoms with Crippen LogP contribution >= 0.6 is 15.9 Å². The number of aryl methyl sites for hydroxylation is 2. The summed E-state index contributed by atoms with van der Waals surface area (Å²) < 4.78 is 3.05. The molecule has 1 rings (SSSR count). The SMILES string of the molecule is CCc1nn(CC)c(CC(O)C(C)C)c1Br. The Labute approximate surface area is 106 Å². The summed E-state index contributed by atoms with van der Waals surface area (Å²) in [6.07, 6.45) is 1.28. The number of hydrogen-bond donors (Lipinski definition) is 1. The van der Waals surface area contributed by atoms with Gasteiger partial charge in [0.2, 0.25) is 0 Å². The summed E-state index contributed by atoms with van der Waals surface area (Å²) in [5.41, 5.74) is 2.19. The minimum absolute atomic E-state index is 0.275. The summed E-state index contributed by atoms with van der Waals surface area (Å²) >= 11 is 3.59. The Morgan fingerprint density at radius 2 is 2.00 bits per heavy atom. The Morgan fingerprint density at radius 1 is 1.38 bits per heavy atom. The molecule has 0 aliphatic rings. The van der Waals surface area contributed by atoms with E-state index in [0.717, 1.165) is 28.8 Å². The minimum atomic E-state index is -0.303. The molecule has 3 nitrogen and oxygen atoms in total. The molecule has 4 heteroatoms. The monoisotopic (exact) mass is 288 g/mol. The summed E-state index contributed by atoms with van der Waals surface area (Å²) in [7, 11) is 0. The quantitative estimate of drug-likeness (QED) is 0.905. The Hall–Kier alpha value is -0.350. The zero-order valence-electron chi connectivity index (χ0n) is 10.5. The summed E-state index contributed by atoms with van der Waals surface area (Å²) in [6, 6.07) is 0. The first-order valence-corrected chi connectivity index (χ1v) is 6.72. The van der Waals surface area contributed by atoms with E-state index < -0.39 is 0 Å². The van der Waals surface area contributed by atoms with Gasteiger partial charge in [-0.2, -0.15) is 5.10 Å². The van der Waals surface area contributed by atoms with Gasteiger partial charge in [-0.15, -0.1) is 0 Å². The number of halogens is 1. The number of aliphatic hydroxyl groups excluding tert-OH is 1. The maximum atomic E-state index is 9.94. The van der Waals surface area contributed by atoms with E-state index >= 15 is 0 Å². The molecule has 1 aromatic heterocycles. The van der Waals surface area contributed by atoms with E-state index in [-0.39, 0.29) is 12.0 Å². The van der Waals surface area contributed by atoms with Crippen LogP contribution in [0.2, 0.25) is 0 Å². The van der Waals surface area contributed by atoms with Crippen molar-refractivity contribution in [1.82, 2.24) is 9.78 Å². The second-order valence-corrected chi connectivity index (χ2v) is 5.19. The highest BCUT2D eigenvalue weighted by molar-refractivity contribution is 9.10. The fourth-order valence-corrected chi connectivity index (χ4v) is 2.37. The first-order chi connectivity index (χ1) is 7.51. The summed E-state index contributed by atoms with van der Waals surface area (Å²) in [4.78, 5) is 0. The second-order valence-electron chi connectivity index (χ2n) is 4.39. The number of hydrogen-bond acceptors (Lipinski definition) is 2. The highest BCUT2D eigenvalue weighted by atomic mass is 79.9. The Morgan fingerprint density at radius 3 is 2.44 bits per heavy atom. The molecule has 1 N–H and O–H groups in total. The van der Waals surface area contributed by atoms with Crippen molar-refractivity contribution >= 4 is 15.9 Å². The molecule has 0 saturated heterocycles. The number of rotatable bonds is 5. The number of aliphatic hydroxyl groups is 1. The molecule has 1 aromatic rings. The molecule has 0 aliphatic carbocycles. The predicted octanol–water partition coefficient (Wildman–Crippen LogP) is 2.79. The fourth-order valence-electron chi connectivity index (χ4n) is 1.65. The van der Waals surface area contributed by atoms with Gasteiger partial charge >= 0.3 is 0 Å². The number of aromatic nitrogens is 2. The van der Waals surface area contributed by atoms with Crippen LogP contribution in [-0.2, 0) is 19.4 Å². The van der Waals surface area contributed by atoms with Crippen LogP contribution in [0.3, 0.4) is 0 Å². The molecule has 0 aromatic carbocycles. The second kappa shape index (κ2) is 5.82. The highest BCUT2D eigenvalue weighted by Gasteiger charge is 2.18. The summed E-state index contributed by atoms with van der Waals surface area (Å²) in [6.45, 7) is 9.08. The van der Waals surface area contributed by atoms with E-state index in [1.165, 1.54) is 0 Å². The van der Waals surface area contributed by atoms with E-state index in [9.17, 15) is 5.11 Å². The average molecular weight is 289 g/mol. The number of nitrogens with zero attached hydrogens (tertiary/aromatic N) is 2. The summed E-state index contributed by atoms with van der Waals surface area (Å²) in [5, 5.41) is 14.5. The van der Waals surface area contributed by atoms with E-state index in [4.69, 9.17) is 0 Å². The van der Waals surface area contributed by atoms with Crippen LogP contribution in [0.25, 0.3) is 0 Å². The standard InChI is InChI=1S/C12H21BrN2O/c1-5-9-12(13)10(15(6-2)14-9)7-11(16)8(3)4/h8,11,16H,5-7H2,1-4H3. The first kappa shape index (κ1) is 13.7. The maximum absolute atomic E-state index is 9.94. The molecular weight excluding hydrogens is 268 g/mol. The highest BCUT2D eigenvalue weighted by Crippen LogP contribution is 2.24. The average Bonchev–Trinajstić information content (AvgIpc) is 2.55. The molecule has 0 radical (unpaired) electrons. The van der Waals surface area contributed by atoms with Crippen LogP contribution in [0.1, 0.15) is 39.1 Å². The lowest BCUT2D eigenvalue weighted by Gasteiger charge is -2.15. The molecule has 0 fully saturated rings. The van der Waals surface area contributed by atoms with Gasteiger partial charge in [0.05, 0.1) is 22.0 Å². The molecule has 0 bridgehead atoms. The fraction of sp³-hybridized carbons (Fsp3) is 0.750. The van der Waals surface area contributed by atoms with Crippen molar-refractivity contribution in [3.63, 3.8) is 0 Å². The summed E-state index contributed by atoms with van der Waals surface area (Å²) in [5.74, 6) is 0.275. The zero-order valence-corrected chi connectivity index (χ0v) is 12.1. The van der Waals surface area contributed by atoms with Crippen molar-refractivity contribution in [3.8, 4) is 0 Å². The first-order valence-electron chi connectivity index (χ1n) is 5.93. The molecule has 1 heterocycles. The molecular formula is C12H21BrN2O. The molecule has 1 atom stereocenters. The third-order valence-corrected chi connectivity index (χ3v) is 3.78. The molecule has 16 heavy (non-hydrogen) atoms. The normalized spacial score (nSPS) is 13.4. The van der Waals surface area contributed by atoms with Gasteiger partial charge in [-0.3, -0.25) is 4.68 Å². The van der Waals surface area contributed by atoms with Gasteiger partial charge in [0, 0.05) is 13.0 Å². The smallest absolute Gasteiger partial charge is 0.0766 e. The van der Waals surface area contributed by atoms with Crippen molar-refractivity contribution < 1.29 is 5.11 Å². The lowest BCUT2D eigenvalue weighted by atomic mass is 10.0. The Bertz CT molecular complexity index is 347. The lowest BCUT2D eigenvalue weighted by molar-refractivity contribution is 0.123. The van der Waals surface area contributed by atoms with Crippen molar-refractivity contribution in [2.24, 2.45) is 5.92 Å². The van der Waals surface area contributed by atoms with Gasteiger partial charge in [-0.25, -0.2) is 0 Å². The minimum Gasteiger partial charge on any atom is -0.392 e. The lowest BCUT2D eigenvalue weighted by Crippen LogP contribution is -2.20. The molecule has 0 saturated carbocycles.